The molecule has 2 heteroatoms. The maximum Gasteiger partial charge on any atom is 0.120 e. The Balaban J connectivity index is 2.08. The molecule has 0 unspecified atom stereocenters. The van der Waals surface area contributed by atoms with Crippen LogP contribution in [0.4, 0.5) is 5.69 Å². The SMILES string of the molecule is Cc1cc(C)cc(COc2ccc(N)c(C)c2)c1. The second kappa shape index (κ2) is 5.13. The van der Waals surface area contributed by atoms with Gasteiger partial charge in [0.1, 0.15) is 12.4 Å². The van der Waals surface area contributed by atoms with Crippen molar-refractivity contribution in [1.29, 1.82) is 0 Å². The number of ether oxygens (including phenoxy) is 1. The lowest BCUT2D eigenvalue weighted by molar-refractivity contribution is 0.306. The van der Waals surface area contributed by atoms with Gasteiger partial charge in [-0.05, 0) is 50.1 Å². The Kier molecular flexibility index (Phi) is 3.56. The molecule has 94 valence electrons. The van der Waals surface area contributed by atoms with Crippen molar-refractivity contribution in [1.82, 2.24) is 0 Å². The van der Waals surface area contributed by atoms with Crippen LogP contribution >= 0.6 is 0 Å². The van der Waals surface area contributed by atoms with Gasteiger partial charge in [-0.1, -0.05) is 29.3 Å². The molecule has 18 heavy (non-hydrogen) atoms. The summed E-state index contributed by atoms with van der Waals surface area (Å²) in [6.07, 6.45) is 0. The Morgan fingerprint density at radius 3 is 2.22 bits per heavy atom. The normalized spacial score (nSPS) is 10.4. The first-order valence-corrected chi connectivity index (χ1v) is 6.11. The molecule has 0 aliphatic rings. The maximum absolute atomic E-state index is 5.78. The fourth-order valence-electron chi connectivity index (χ4n) is 2.06. The number of hydrogen-bond acceptors (Lipinski definition) is 2. The summed E-state index contributed by atoms with van der Waals surface area (Å²) in [6.45, 7) is 6.78. The van der Waals surface area contributed by atoms with Gasteiger partial charge in [0, 0.05) is 5.69 Å². The molecule has 2 aromatic carbocycles. The van der Waals surface area contributed by atoms with E-state index in [1.807, 2.05) is 25.1 Å². The molecule has 0 saturated heterocycles. The first kappa shape index (κ1) is 12.5. The molecule has 0 aliphatic heterocycles. The van der Waals surface area contributed by atoms with Gasteiger partial charge in [-0.2, -0.15) is 0 Å². The topological polar surface area (TPSA) is 35.2 Å². The summed E-state index contributed by atoms with van der Waals surface area (Å²) >= 11 is 0. The smallest absolute Gasteiger partial charge is 0.120 e. The molecule has 0 heterocycles. The van der Waals surface area contributed by atoms with E-state index >= 15 is 0 Å². The predicted molar refractivity (Wildman–Crippen MR) is 75.8 cm³/mol. The van der Waals surface area contributed by atoms with E-state index in [1.54, 1.807) is 0 Å². The zero-order valence-electron chi connectivity index (χ0n) is 11.2. The van der Waals surface area contributed by atoms with Crippen LogP contribution in [0.1, 0.15) is 22.3 Å². The summed E-state index contributed by atoms with van der Waals surface area (Å²) in [5.74, 6) is 0.862. The molecule has 0 atom stereocenters. The Hall–Kier alpha value is -1.96. The molecule has 0 amide bonds. The molecular weight excluding hydrogens is 222 g/mol. The van der Waals surface area contributed by atoms with Gasteiger partial charge in [0.15, 0.2) is 0 Å². The zero-order chi connectivity index (χ0) is 13.1. The van der Waals surface area contributed by atoms with Gasteiger partial charge < -0.3 is 10.5 Å². The number of nitrogen functional groups attached to an aromatic ring is 1. The molecule has 0 saturated carbocycles. The number of aryl methyl sites for hydroxylation is 3. The Morgan fingerprint density at radius 2 is 1.61 bits per heavy atom. The number of hydrogen-bond donors (Lipinski definition) is 1. The van der Waals surface area contributed by atoms with Gasteiger partial charge in [0.05, 0.1) is 0 Å². The second-order valence-electron chi connectivity index (χ2n) is 4.80. The van der Waals surface area contributed by atoms with Crippen LogP contribution < -0.4 is 10.5 Å². The van der Waals surface area contributed by atoms with Crippen molar-refractivity contribution in [3.05, 3.63) is 58.7 Å². The zero-order valence-corrected chi connectivity index (χ0v) is 11.2. The lowest BCUT2D eigenvalue weighted by atomic mass is 10.1. The van der Waals surface area contributed by atoms with Crippen LogP contribution in [0.3, 0.4) is 0 Å². The number of benzene rings is 2. The quantitative estimate of drug-likeness (QED) is 0.830. The van der Waals surface area contributed by atoms with Crippen molar-refractivity contribution in [3.8, 4) is 5.75 Å². The molecular formula is C16H19NO. The molecule has 2 aromatic rings. The Labute approximate surface area is 108 Å². The summed E-state index contributed by atoms with van der Waals surface area (Å²) in [5.41, 5.74) is 11.4. The highest BCUT2D eigenvalue weighted by molar-refractivity contribution is 5.49. The minimum Gasteiger partial charge on any atom is -0.489 e. The van der Waals surface area contributed by atoms with E-state index in [2.05, 4.69) is 32.0 Å². The summed E-state index contributed by atoms with van der Waals surface area (Å²) in [5, 5.41) is 0. The predicted octanol–water partition coefficient (Wildman–Crippen LogP) is 3.77. The van der Waals surface area contributed by atoms with E-state index in [1.165, 1.54) is 16.7 Å². The fraction of sp³-hybridized carbons (Fsp3) is 0.250. The van der Waals surface area contributed by atoms with E-state index in [0.29, 0.717) is 6.61 Å². The van der Waals surface area contributed by atoms with Crippen molar-refractivity contribution in [2.45, 2.75) is 27.4 Å². The average molecular weight is 241 g/mol. The standard InChI is InChI=1S/C16H19NO/c1-11-6-12(2)8-14(7-11)10-18-15-4-5-16(17)13(3)9-15/h4-9H,10,17H2,1-3H3. The van der Waals surface area contributed by atoms with Crippen molar-refractivity contribution >= 4 is 5.69 Å². The maximum atomic E-state index is 5.78. The summed E-state index contributed by atoms with van der Waals surface area (Å²) < 4.78 is 5.78. The number of rotatable bonds is 3. The molecule has 2 rings (SSSR count). The largest absolute Gasteiger partial charge is 0.489 e. The van der Waals surface area contributed by atoms with Crippen LogP contribution in [-0.2, 0) is 6.61 Å². The van der Waals surface area contributed by atoms with E-state index in [9.17, 15) is 0 Å². The van der Waals surface area contributed by atoms with E-state index in [-0.39, 0.29) is 0 Å². The van der Waals surface area contributed by atoms with Gasteiger partial charge >= 0.3 is 0 Å². The van der Waals surface area contributed by atoms with Crippen LogP contribution in [0.5, 0.6) is 5.75 Å². The van der Waals surface area contributed by atoms with E-state index in [4.69, 9.17) is 10.5 Å². The molecule has 2 nitrogen and oxygen atoms in total. The van der Waals surface area contributed by atoms with Gasteiger partial charge in [0.25, 0.3) is 0 Å². The third kappa shape index (κ3) is 3.04. The van der Waals surface area contributed by atoms with E-state index in [0.717, 1.165) is 17.0 Å². The highest BCUT2D eigenvalue weighted by atomic mass is 16.5. The Morgan fingerprint density at radius 1 is 0.944 bits per heavy atom. The minimum atomic E-state index is 0.589. The van der Waals surface area contributed by atoms with Crippen LogP contribution in [0.25, 0.3) is 0 Å². The van der Waals surface area contributed by atoms with Crippen LogP contribution in [0.2, 0.25) is 0 Å². The first-order valence-electron chi connectivity index (χ1n) is 6.11. The lowest BCUT2D eigenvalue weighted by Gasteiger charge is -2.09. The molecule has 0 aromatic heterocycles. The van der Waals surface area contributed by atoms with Gasteiger partial charge in [-0.15, -0.1) is 0 Å². The Bertz CT molecular complexity index is 541. The lowest BCUT2D eigenvalue weighted by Crippen LogP contribution is -1.98. The van der Waals surface area contributed by atoms with Crippen molar-refractivity contribution in [2.75, 3.05) is 5.73 Å². The second-order valence-corrected chi connectivity index (χ2v) is 4.80. The fourth-order valence-corrected chi connectivity index (χ4v) is 2.06. The summed E-state index contributed by atoms with van der Waals surface area (Å²) in [6, 6.07) is 12.2. The molecule has 0 spiro atoms. The van der Waals surface area contributed by atoms with E-state index < -0.39 is 0 Å². The van der Waals surface area contributed by atoms with Crippen LogP contribution in [0, 0.1) is 20.8 Å². The average Bonchev–Trinajstić information content (AvgIpc) is 2.29. The van der Waals surface area contributed by atoms with Gasteiger partial charge in [0.2, 0.25) is 0 Å². The number of nitrogens with two attached hydrogens (primary N) is 1. The van der Waals surface area contributed by atoms with Crippen LogP contribution in [0.15, 0.2) is 36.4 Å². The van der Waals surface area contributed by atoms with Crippen molar-refractivity contribution < 1.29 is 4.74 Å². The highest BCUT2D eigenvalue weighted by Gasteiger charge is 2.00. The molecule has 0 aliphatic carbocycles. The first-order chi connectivity index (χ1) is 8.54. The van der Waals surface area contributed by atoms with Crippen molar-refractivity contribution in [3.63, 3.8) is 0 Å². The third-order valence-corrected chi connectivity index (χ3v) is 2.93. The number of anilines is 1. The van der Waals surface area contributed by atoms with Gasteiger partial charge in [-0.25, -0.2) is 0 Å². The molecule has 2 N–H and O–H groups in total. The van der Waals surface area contributed by atoms with Gasteiger partial charge in [-0.3, -0.25) is 0 Å². The van der Waals surface area contributed by atoms with Crippen molar-refractivity contribution in [2.24, 2.45) is 0 Å². The summed E-state index contributed by atoms with van der Waals surface area (Å²) in [7, 11) is 0. The molecule has 0 radical (unpaired) electrons. The highest BCUT2D eigenvalue weighted by Crippen LogP contribution is 2.20. The van der Waals surface area contributed by atoms with Crippen LogP contribution in [-0.4, -0.2) is 0 Å². The molecule has 0 fully saturated rings. The monoisotopic (exact) mass is 241 g/mol. The molecule has 0 bridgehead atoms. The third-order valence-electron chi connectivity index (χ3n) is 2.93. The minimum absolute atomic E-state index is 0.589. The summed E-state index contributed by atoms with van der Waals surface area (Å²) in [4.78, 5) is 0.